The summed E-state index contributed by atoms with van der Waals surface area (Å²) >= 11 is 0. The van der Waals surface area contributed by atoms with Crippen LogP contribution in [0.1, 0.15) is 12.8 Å². The number of ether oxygens (including phenoxy) is 1. The van der Waals surface area contributed by atoms with Gasteiger partial charge in [0.15, 0.2) is 0 Å². The Bertz CT molecular complexity index is 261. The van der Waals surface area contributed by atoms with Gasteiger partial charge in [-0.25, -0.2) is 0 Å². The zero-order valence-corrected chi connectivity index (χ0v) is 11.3. The maximum Gasteiger partial charge on any atom is 2.00 e. The van der Waals surface area contributed by atoms with E-state index < -0.39 is 5.82 Å². The Morgan fingerprint density at radius 3 is 2.67 bits per heavy atom. The summed E-state index contributed by atoms with van der Waals surface area (Å²) < 4.78 is 29.6. The number of hydrogen-bond donors (Lipinski definition) is 0. The predicted octanol–water partition coefficient (Wildman–Crippen LogP) is -0.622. The summed E-state index contributed by atoms with van der Waals surface area (Å²) in [5, 5.41) is 0. The summed E-state index contributed by atoms with van der Waals surface area (Å²) in [6.45, 7) is -0.000731. The maximum atomic E-state index is 12.9. The van der Waals surface area contributed by atoms with E-state index >= 15 is 0 Å². The van der Waals surface area contributed by atoms with Crippen LogP contribution in [0.2, 0.25) is 0 Å². The minimum absolute atomic E-state index is 0. The van der Waals surface area contributed by atoms with Crippen LogP contribution in [0.4, 0.5) is 8.78 Å². The molecule has 0 aliphatic carbocycles. The van der Waals surface area contributed by atoms with Gasteiger partial charge < -0.3 is 21.7 Å². The minimum Gasteiger partial charge on any atom is -1.00 e. The molecule has 5 heteroatoms. The third-order valence-corrected chi connectivity index (χ3v) is 1.56. The molecule has 0 spiro atoms. The molecule has 0 aliphatic rings. The van der Waals surface area contributed by atoms with Crippen LogP contribution in [0.25, 0.3) is 0 Å². The van der Waals surface area contributed by atoms with Gasteiger partial charge in [-0.2, -0.15) is 12.1 Å². The zero-order chi connectivity index (χ0) is 9.52. The molecule has 15 heavy (non-hydrogen) atoms. The van der Waals surface area contributed by atoms with Crippen molar-refractivity contribution < 1.29 is 30.5 Å². The van der Waals surface area contributed by atoms with Gasteiger partial charge in [0, 0.05) is 11.6 Å². The molecule has 1 nitrogen and oxygen atoms in total. The third-order valence-electron chi connectivity index (χ3n) is 1.56. The fraction of sp³-hybridized carbons (Fsp3) is 0.400. The average molecular weight is 289 g/mol. The number of hydrogen-bond acceptors (Lipinski definition) is 1. The molecule has 80 valence electrons. The van der Waals surface area contributed by atoms with Crippen LogP contribution >= 0.6 is 0 Å². The first-order chi connectivity index (χ1) is 6.34. The second-order valence-electron chi connectivity index (χ2n) is 2.60. The molecule has 1 aromatic carbocycles. The van der Waals surface area contributed by atoms with Crippen molar-refractivity contribution in [3.63, 3.8) is 0 Å². The normalized spacial score (nSPS) is 8.67. The van der Waals surface area contributed by atoms with Crippen molar-refractivity contribution in [3.8, 4) is 5.75 Å². The Morgan fingerprint density at radius 1 is 1.33 bits per heavy atom. The molecule has 1 aromatic rings. The molecule has 0 N–H and O–H groups in total. The van der Waals surface area contributed by atoms with Crippen molar-refractivity contribution in [3.05, 3.63) is 30.1 Å². The number of alkyl halides is 1. The largest absolute Gasteiger partial charge is 2.00 e. The summed E-state index contributed by atoms with van der Waals surface area (Å²) in [5.41, 5.74) is 0. The molecule has 0 saturated carbocycles. The molecule has 0 aromatic heterocycles. The van der Waals surface area contributed by atoms with E-state index in [9.17, 15) is 8.78 Å². The number of rotatable bonds is 5. The van der Waals surface area contributed by atoms with Crippen molar-refractivity contribution in [1.82, 2.24) is 0 Å². The van der Waals surface area contributed by atoms with Crippen LogP contribution in [-0.4, -0.2) is 36.3 Å². The molecule has 0 atom stereocenters. The van der Waals surface area contributed by atoms with Gasteiger partial charge in [0.1, 0.15) is 0 Å². The van der Waals surface area contributed by atoms with Crippen LogP contribution < -0.4 is 21.7 Å². The van der Waals surface area contributed by atoms with Gasteiger partial charge in [0.25, 0.3) is 0 Å². The van der Waals surface area contributed by atoms with Crippen LogP contribution in [0.15, 0.2) is 18.2 Å². The molecule has 0 saturated heterocycles. The molecule has 0 heterocycles. The summed E-state index contributed by atoms with van der Waals surface area (Å²) in [4.78, 5) is 0. The SMILES string of the molecule is FCCCCOc1cc[c-]cc1F.[Br-].[Mg+2]. The molecule has 0 fully saturated rings. The van der Waals surface area contributed by atoms with Gasteiger partial charge in [-0.3, -0.25) is 8.78 Å². The first-order valence-corrected chi connectivity index (χ1v) is 4.19. The van der Waals surface area contributed by atoms with Crippen molar-refractivity contribution in [2.24, 2.45) is 0 Å². The van der Waals surface area contributed by atoms with Crippen LogP contribution in [0, 0.1) is 11.9 Å². The van der Waals surface area contributed by atoms with E-state index in [1.165, 1.54) is 12.1 Å². The fourth-order valence-corrected chi connectivity index (χ4v) is 0.892. The summed E-state index contributed by atoms with van der Waals surface area (Å²) in [6, 6.07) is 6.88. The molecule has 0 bridgehead atoms. The molecular weight excluding hydrogens is 278 g/mol. The second kappa shape index (κ2) is 10.6. The number of halogens is 3. The van der Waals surface area contributed by atoms with E-state index in [0.29, 0.717) is 19.4 Å². The van der Waals surface area contributed by atoms with Crippen LogP contribution in [0.3, 0.4) is 0 Å². The standard InChI is InChI=1S/C10H11F2O.BrH.Mg/c11-7-3-4-8-13-10-6-2-1-5-9(10)12;;/h2,5-6H,3-4,7-8H2;1H;/q-1;;+2/p-1. The van der Waals surface area contributed by atoms with Crippen molar-refractivity contribution in [2.75, 3.05) is 13.3 Å². The van der Waals surface area contributed by atoms with E-state index in [4.69, 9.17) is 4.74 Å². The van der Waals surface area contributed by atoms with Gasteiger partial charge in [-0.15, -0.1) is 12.1 Å². The van der Waals surface area contributed by atoms with E-state index in [2.05, 4.69) is 6.07 Å². The van der Waals surface area contributed by atoms with E-state index in [0.717, 1.165) is 0 Å². The van der Waals surface area contributed by atoms with Crippen molar-refractivity contribution in [1.29, 1.82) is 0 Å². The van der Waals surface area contributed by atoms with Gasteiger partial charge in [-0.05, 0) is 12.8 Å². The summed E-state index contributed by atoms with van der Waals surface area (Å²) in [5.74, 6) is -0.222. The monoisotopic (exact) mass is 288 g/mol. The minimum atomic E-state index is -0.428. The first kappa shape index (κ1) is 17.5. The van der Waals surface area contributed by atoms with Crippen molar-refractivity contribution in [2.45, 2.75) is 12.8 Å². The van der Waals surface area contributed by atoms with Crippen LogP contribution in [-0.2, 0) is 0 Å². The second-order valence-corrected chi connectivity index (χ2v) is 2.60. The Kier molecular flexibility index (Phi) is 12.4. The first-order valence-electron chi connectivity index (χ1n) is 4.19. The topological polar surface area (TPSA) is 9.23 Å². The van der Waals surface area contributed by atoms with Gasteiger partial charge >= 0.3 is 23.1 Å². The molecular formula is C10H11BrF2MgO. The number of benzene rings is 1. The molecule has 0 unspecified atom stereocenters. The molecule has 0 radical (unpaired) electrons. The quantitative estimate of drug-likeness (QED) is 0.399. The molecule has 0 aliphatic heterocycles. The molecule has 0 amide bonds. The summed E-state index contributed by atoms with van der Waals surface area (Å²) in [6.07, 6.45) is 1.06. The average Bonchev–Trinajstić information content (AvgIpc) is 2.15. The zero-order valence-electron chi connectivity index (χ0n) is 8.31. The number of unbranched alkanes of at least 4 members (excludes halogenated alkanes) is 1. The predicted molar refractivity (Wildman–Crippen MR) is 51.7 cm³/mol. The third kappa shape index (κ3) is 7.08. The van der Waals surface area contributed by atoms with Gasteiger partial charge in [0.2, 0.25) is 0 Å². The Hall–Kier alpha value is 0.126. The Morgan fingerprint density at radius 2 is 2.07 bits per heavy atom. The van der Waals surface area contributed by atoms with Crippen LogP contribution in [0.5, 0.6) is 5.75 Å². The Balaban J connectivity index is 0. The maximum absolute atomic E-state index is 12.9. The van der Waals surface area contributed by atoms with Crippen molar-refractivity contribution >= 4 is 23.1 Å². The van der Waals surface area contributed by atoms with Gasteiger partial charge in [0.05, 0.1) is 13.3 Å². The molecule has 1 rings (SSSR count). The van der Waals surface area contributed by atoms with E-state index in [1.54, 1.807) is 6.07 Å². The van der Waals surface area contributed by atoms with Gasteiger partial charge in [-0.1, -0.05) is 0 Å². The fourth-order valence-electron chi connectivity index (χ4n) is 0.892. The van der Waals surface area contributed by atoms with E-state index in [1.807, 2.05) is 0 Å². The Labute approximate surface area is 115 Å². The van der Waals surface area contributed by atoms with E-state index in [-0.39, 0.29) is 52.5 Å². The smallest absolute Gasteiger partial charge is 1.00 e. The summed E-state index contributed by atoms with van der Waals surface area (Å²) in [7, 11) is 0.